The summed E-state index contributed by atoms with van der Waals surface area (Å²) in [6, 6.07) is 16.4. The lowest BCUT2D eigenvalue weighted by Crippen LogP contribution is -2.35. The summed E-state index contributed by atoms with van der Waals surface area (Å²) in [5.74, 6) is -0.394. The zero-order valence-corrected chi connectivity index (χ0v) is 18.1. The molecule has 5 rings (SSSR count). The summed E-state index contributed by atoms with van der Waals surface area (Å²) in [6.07, 6.45) is 0. The van der Waals surface area contributed by atoms with Gasteiger partial charge in [-0.15, -0.1) is 0 Å². The Kier molecular flexibility index (Phi) is 4.94. The summed E-state index contributed by atoms with van der Waals surface area (Å²) in [7, 11) is 3.78. The summed E-state index contributed by atoms with van der Waals surface area (Å²) >= 11 is 0. The molecule has 0 radical (unpaired) electrons. The van der Waals surface area contributed by atoms with Crippen molar-refractivity contribution in [2.45, 2.75) is 6.04 Å². The molecule has 0 spiro atoms. The van der Waals surface area contributed by atoms with Crippen molar-refractivity contribution in [3.8, 4) is 0 Å². The van der Waals surface area contributed by atoms with Gasteiger partial charge in [0.15, 0.2) is 5.43 Å². The maximum absolute atomic E-state index is 13.7. The summed E-state index contributed by atoms with van der Waals surface area (Å²) in [5.41, 5.74) is 0.702. The smallest absolute Gasteiger partial charge is 0.290 e. The van der Waals surface area contributed by atoms with Gasteiger partial charge in [-0.2, -0.15) is 0 Å². The lowest BCUT2D eigenvalue weighted by atomic mass is 9.97. The minimum atomic E-state index is -0.764. The molecule has 8 nitrogen and oxygen atoms in total. The van der Waals surface area contributed by atoms with Crippen LogP contribution in [0.4, 0.5) is 5.69 Å². The number of hydrogen-bond acceptors (Lipinski definition) is 6. The summed E-state index contributed by atoms with van der Waals surface area (Å²) in [4.78, 5) is 41.6. The van der Waals surface area contributed by atoms with E-state index < -0.39 is 16.9 Å². The lowest BCUT2D eigenvalue weighted by molar-refractivity contribution is -0.384. The van der Waals surface area contributed by atoms with Crippen molar-refractivity contribution >= 4 is 33.3 Å². The molecule has 1 aliphatic heterocycles. The van der Waals surface area contributed by atoms with Crippen LogP contribution in [-0.2, 0) is 0 Å². The molecule has 0 unspecified atom stereocenters. The predicted molar refractivity (Wildman–Crippen MR) is 125 cm³/mol. The quantitative estimate of drug-likeness (QED) is 0.263. The van der Waals surface area contributed by atoms with Crippen LogP contribution in [0.5, 0.6) is 0 Å². The highest BCUT2D eigenvalue weighted by Gasteiger charge is 2.43. The molecule has 0 fully saturated rings. The van der Waals surface area contributed by atoms with E-state index in [0.717, 1.165) is 10.8 Å². The van der Waals surface area contributed by atoms with Crippen molar-refractivity contribution < 1.29 is 14.1 Å². The number of rotatable bonds is 5. The Morgan fingerprint density at radius 2 is 1.82 bits per heavy atom. The molecule has 0 bridgehead atoms. The first-order chi connectivity index (χ1) is 15.9. The Balaban J connectivity index is 1.78. The maximum Gasteiger partial charge on any atom is 0.290 e. The van der Waals surface area contributed by atoms with Crippen molar-refractivity contribution in [3.05, 3.63) is 97.9 Å². The number of fused-ring (bicyclic) bond motifs is 4. The fourth-order valence-electron chi connectivity index (χ4n) is 4.44. The molecule has 4 aromatic rings. The monoisotopic (exact) mass is 443 g/mol. The van der Waals surface area contributed by atoms with Crippen molar-refractivity contribution in [2.24, 2.45) is 0 Å². The third kappa shape index (κ3) is 3.35. The van der Waals surface area contributed by atoms with Crippen LogP contribution < -0.4 is 5.43 Å². The number of benzene rings is 3. The minimum absolute atomic E-state index is 0.000819. The molecule has 33 heavy (non-hydrogen) atoms. The van der Waals surface area contributed by atoms with Gasteiger partial charge >= 0.3 is 0 Å². The number of carbonyl (C=O) groups excluding carboxylic acids is 1. The molecular weight excluding hydrogens is 422 g/mol. The van der Waals surface area contributed by atoms with Gasteiger partial charge in [0.1, 0.15) is 5.58 Å². The van der Waals surface area contributed by atoms with Gasteiger partial charge < -0.3 is 14.2 Å². The van der Waals surface area contributed by atoms with Gasteiger partial charge in [-0.05, 0) is 31.1 Å². The highest BCUT2D eigenvalue weighted by atomic mass is 16.6. The summed E-state index contributed by atoms with van der Waals surface area (Å²) in [5, 5.41) is 13.4. The number of amides is 1. The molecular formula is C25H21N3O5. The number of hydrogen-bond donors (Lipinski definition) is 0. The van der Waals surface area contributed by atoms with E-state index in [0.29, 0.717) is 29.6 Å². The Hall–Kier alpha value is -4.04. The van der Waals surface area contributed by atoms with Gasteiger partial charge in [-0.3, -0.25) is 19.7 Å². The Morgan fingerprint density at radius 1 is 1.03 bits per heavy atom. The standard InChI is InChI=1S/C25H21N3O5/c1-26(2)12-13-27-21(16-7-5-8-17(14-16)28(31)32)20-22(29)19-11-10-15-6-3-4-9-18(15)23(19)33-24(20)25(27)30/h3-11,14,21H,12-13H2,1-2H3/t21-/m1/s1. The van der Waals surface area contributed by atoms with E-state index in [-0.39, 0.29) is 22.4 Å². The highest BCUT2D eigenvalue weighted by molar-refractivity contribution is 6.06. The Labute approximate surface area is 188 Å². The molecule has 1 aliphatic rings. The molecule has 3 aromatic carbocycles. The lowest BCUT2D eigenvalue weighted by Gasteiger charge is -2.26. The average Bonchev–Trinajstić information content (AvgIpc) is 3.09. The second kappa shape index (κ2) is 7.83. The van der Waals surface area contributed by atoms with Gasteiger partial charge in [-0.25, -0.2) is 0 Å². The summed E-state index contributed by atoms with van der Waals surface area (Å²) in [6.45, 7) is 0.891. The van der Waals surface area contributed by atoms with Gasteiger partial charge in [0.2, 0.25) is 5.76 Å². The van der Waals surface area contributed by atoms with Gasteiger partial charge in [0, 0.05) is 30.6 Å². The number of non-ortho nitro benzene ring substituents is 1. The van der Waals surface area contributed by atoms with E-state index in [1.165, 1.54) is 12.1 Å². The number of nitro benzene ring substituents is 1. The van der Waals surface area contributed by atoms with Crippen molar-refractivity contribution in [1.82, 2.24) is 9.80 Å². The SMILES string of the molecule is CN(C)CCN1C(=O)c2oc3c(ccc4ccccc43)c(=O)c2[C@H]1c1cccc([N+](=O)[O-])c1. The largest absolute Gasteiger partial charge is 0.450 e. The predicted octanol–water partition coefficient (Wildman–Crippen LogP) is 3.96. The van der Waals surface area contributed by atoms with E-state index in [1.54, 1.807) is 23.1 Å². The zero-order valence-electron chi connectivity index (χ0n) is 18.1. The van der Waals surface area contributed by atoms with E-state index in [1.807, 2.05) is 49.3 Å². The van der Waals surface area contributed by atoms with Crippen LogP contribution in [0.1, 0.15) is 27.7 Å². The van der Waals surface area contributed by atoms with Gasteiger partial charge in [0.05, 0.1) is 21.9 Å². The molecule has 1 atom stereocenters. The third-order valence-electron chi connectivity index (χ3n) is 6.04. The fraction of sp³-hybridized carbons (Fsp3) is 0.200. The van der Waals surface area contributed by atoms with Gasteiger partial charge in [0.25, 0.3) is 11.6 Å². The van der Waals surface area contributed by atoms with Crippen LogP contribution in [0.2, 0.25) is 0 Å². The molecule has 0 saturated carbocycles. The molecule has 166 valence electrons. The first-order valence-electron chi connectivity index (χ1n) is 10.6. The normalized spacial score (nSPS) is 15.5. The highest BCUT2D eigenvalue weighted by Crippen LogP contribution is 2.39. The fourth-order valence-corrected chi connectivity index (χ4v) is 4.44. The molecule has 0 aliphatic carbocycles. The van der Waals surface area contributed by atoms with Crippen LogP contribution in [0.3, 0.4) is 0 Å². The summed E-state index contributed by atoms with van der Waals surface area (Å²) < 4.78 is 6.14. The molecule has 2 heterocycles. The van der Waals surface area contributed by atoms with Crippen molar-refractivity contribution in [2.75, 3.05) is 27.2 Å². The van der Waals surface area contributed by atoms with E-state index in [2.05, 4.69) is 0 Å². The zero-order chi connectivity index (χ0) is 23.3. The third-order valence-corrected chi connectivity index (χ3v) is 6.04. The molecule has 1 aromatic heterocycles. The van der Waals surface area contributed by atoms with Crippen LogP contribution in [0.25, 0.3) is 21.7 Å². The first kappa shape index (κ1) is 20.8. The molecule has 0 saturated heterocycles. The Bertz CT molecular complexity index is 1490. The topological polar surface area (TPSA) is 96.9 Å². The number of carbonyl (C=O) groups is 1. The van der Waals surface area contributed by atoms with E-state index >= 15 is 0 Å². The van der Waals surface area contributed by atoms with Crippen LogP contribution in [0.15, 0.2) is 69.9 Å². The number of nitro groups is 1. The van der Waals surface area contributed by atoms with Crippen molar-refractivity contribution in [3.63, 3.8) is 0 Å². The van der Waals surface area contributed by atoms with Crippen LogP contribution >= 0.6 is 0 Å². The molecule has 0 N–H and O–H groups in total. The van der Waals surface area contributed by atoms with E-state index in [4.69, 9.17) is 4.42 Å². The van der Waals surface area contributed by atoms with Crippen molar-refractivity contribution in [1.29, 1.82) is 0 Å². The minimum Gasteiger partial charge on any atom is -0.450 e. The molecule has 8 heteroatoms. The van der Waals surface area contributed by atoms with Gasteiger partial charge in [-0.1, -0.05) is 42.5 Å². The number of likely N-dealkylation sites (N-methyl/N-ethyl adjacent to an activating group) is 1. The number of nitrogens with zero attached hydrogens (tertiary/aromatic N) is 3. The second-order valence-electron chi connectivity index (χ2n) is 8.39. The second-order valence-corrected chi connectivity index (χ2v) is 8.39. The Morgan fingerprint density at radius 3 is 2.58 bits per heavy atom. The average molecular weight is 443 g/mol. The van der Waals surface area contributed by atoms with Crippen LogP contribution in [-0.4, -0.2) is 47.8 Å². The maximum atomic E-state index is 13.7. The van der Waals surface area contributed by atoms with E-state index in [9.17, 15) is 19.7 Å². The van der Waals surface area contributed by atoms with Crippen LogP contribution in [0, 0.1) is 10.1 Å². The first-order valence-corrected chi connectivity index (χ1v) is 10.6. The molecule has 1 amide bonds.